The number of allylic oxidation sites excluding steroid dienone is 1. The summed E-state index contributed by atoms with van der Waals surface area (Å²) >= 11 is 1.61. The number of rotatable bonds is 5. The van der Waals surface area contributed by atoms with Crippen molar-refractivity contribution in [2.75, 3.05) is 0 Å². The Labute approximate surface area is 89.5 Å². The second kappa shape index (κ2) is 5.11. The van der Waals surface area contributed by atoms with E-state index in [9.17, 15) is 4.79 Å². The minimum absolute atomic E-state index is 0.271. The molecule has 0 saturated carbocycles. The second-order valence-electron chi connectivity index (χ2n) is 3.45. The Morgan fingerprint density at radius 2 is 2.29 bits per heavy atom. The molecule has 0 aromatic carbocycles. The van der Waals surface area contributed by atoms with E-state index in [2.05, 4.69) is 13.5 Å². The van der Waals surface area contributed by atoms with E-state index in [0.717, 1.165) is 17.7 Å². The lowest BCUT2D eigenvalue weighted by atomic mass is 10.1. The van der Waals surface area contributed by atoms with Crippen molar-refractivity contribution >= 4 is 17.1 Å². The van der Waals surface area contributed by atoms with Gasteiger partial charge in [0.05, 0.1) is 4.88 Å². The molecule has 0 spiro atoms. The third-order valence-corrected chi connectivity index (χ3v) is 3.45. The largest absolute Gasteiger partial charge is 0.293 e. The highest BCUT2D eigenvalue weighted by atomic mass is 32.1. The smallest absolute Gasteiger partial charge is 0.172 e. The fourth-order valence-electron chi connectivity index (χ4n) is 1.24. The molecule has 0 fully saturated rings. The Morgan fingerprint density at radius 1 is 1.57 bits per heavy atom. The molecule has 0 aliphatic rings. The van der Waals surface area contributed by atoms with Gasteiger partial charge >= 0.3 is 0 Å². The average molecular weight is 208 g/mol. The van der Waals surface area contributed by atoms with E-state index < -0.39 is 0 Å². The number of unbranched alkanes of at least 4 members (excludes halogenated alkanes) is 1. The highest BCUT2D eigenvalue weighted by Gasteiger charge is 2.09. The van der Waals surface area contributed by atoms with Crippen LogP contribution in [0.25, 0.3) is 0 Å². The number of hydrogen-bond acceptors (Lipinski definition) is 2. The quantitative estimate of drug-likeness (QED) is 0.407. The molecule has 1 aromatic rings. The van der Waals surface area contributed by atoms with Gasteiger partial charge in [0, 0.05) is 11.3 Å². The lowest BCUT2D eigenvalue weighted by molar-refractivity contribution is 0.0984. The van der Waals surface area contributed by atoms with Gasteiger partial charge in [-0.25, -0.2) is 0 Å². The van der Waals surface area contributed by atoms with Gasteiger partial charge < -0.3 is 0 Å². The highest BCUT2D eigenvalue weighted by molar-refractivity contribution is 7.14. The fourth-order valence-corrected chi connectivity index (χ4v) is 2.24. The Balaban J connectivity index is 2.56. The fraction of sp³-hybridized carbons (Fsp3) is 0.417. The second-order valence-corrected chi connectivity index (χ2v) is 4.71. The molecule has 0 N–H and O–H groups in total. The molecule has 0 atom stereocenters. The highest BCUT2D eigenvalue weighted by Crippen LogP contribution is 2.22. The molecule has 1 rings (SSSR count). The first-order chi connectivity index (χ1) is 6.65. The summed E-state index contributed by atoms with van der Waals surface area (Å²) in [5.74, 6) is 0.271. The molecule has 0 aliphatic carbocycles. The average Bonchev–Trinajstić information content (AvgIpc) is 2.47. The first-order valence-electron chi connectivity index (χ1n) is 4.86. The standard InChI is InChI=1S/C12H16OS/c1-4-5-6-7-11(13)12-8-9(2)10(3)14-12/h4,8H,1,5-7H2,2-3H3. The van der Waals surface area contributed by atoms with Gasteiger partial charge in [-0.1, -0.05) is 6.08 Å². The summed E-state index contributed by atoms with van der Waals surface area (Å²) in [7, 11) is 0. The van der Waals surface area contributed by atoms with Crippen LogP contribution >= 0.6 is 11.3 Å². The number of thiophene rings is 1. The molecule has 0 bridgehead atoms. The van der Waals surface area contributed by atoms with Crippen LogP contribution in [0.4, 0.5) is 0 Å². The van der Waals surface area contributed by atoms with E-state index in [0.29, 0.717) is 6.42 Å². The molecule has 76 valence electrons. The lowest BCUT2D eigenvalue weighted by Gasteiger charge is -1.94. The van der Waals surface area contributed by atoms with Crippen LogP contribution in [-0.4, -0.2) is 5.78 Å². The molecule has 1 aromatic heterocycles. The van der Waals surface area contributed by atoms with Crippen molar-refractivity contribution in [2.45, 2.75) is 33.1 Å². The van der Waals surface area contributed by atoms with Crippen LogP contribution in [0, 0.1) is 13.8 Å². The van der Waals surface area contributed by atoms with E-state index in [-0.39, 0.29) is 5.78 Å². The summed E-state index contributed by atoms with van der Waals surface area (Å²) in [5.41, 5.74) is 1.22. The number of ketones is 1. The summed E-state index contributed by atoms with van der Waals surface area (Å²) in [5, 5.41) is 0. The summed E-state index contributed by atoms with van der Waals surface area (Å²) in [4.78, 5) is 13.8. The van der Waals surface area contributed by atoms with Crippen molar-refractivity contribution in [2.24, 2.45) is 0 Å². The van der Waals surface area contributed by atoms with Crippen molar-refractivity contribution in [3.8, 4) is 0 Å². The molecule has 0 saturated heterocycles. The maximum Gasteiger partial charge on any atom is 0.172 e. The third kappa shape index (κ3) is 2.81. The minimum atomic E-state index is 0.271. The van der Waals surface area contributed by atoms with Crippen LogP contribution in [0.2, 0.25) is 0 Å². The number of aryl methyl sites for hydroxylation is 2. The molecular weight excluding hydrogens is 192 g/mol. The zero-order valence-corrected chi connectivity index (χ0v) is 9.62. The zero-order valence-electron chi connectivity index (χ0n) is 8.80. The van der Waals surface area contributed by atoms with Crippen molar-refractivity contribution in [1.29, 1.82) is 0 Å². The molecule has 0 amide bonds. The Kier molecular flexibility index (Phi) is 4.08. The van der Waals surface area contributed by atoms with Crippen LogP contribution in [0.5, 0.6) is 0 Å². The zero-order chi connectivity index (χ0) is 10.6. The molecule has 0 radical (unpaired) electrons. The van der Waals surface area contributed by atoms with E-state index >= 15 is 0 Å². The number of carbonyl (C=O) groups excluding carboxylic acids is 1. The van der Waals surface area contributed by atoms with Gasteiger partial charge in [-0.15, -0.1) is 17.9 Å². The van der Waals surface area contributed by atoms with Crippen molar-refractivity contribution < 1.29 is 4.79 Å². The molecular formula is C12H16OS. The first-order valence-corrected chi connectivity index (χ1v) is 5.68. The van der Waals surface area contributed by atoms with Gasteiger partial charge in [-0.05, 0) is 38.3 Å². The van der Waals surface area contributed by atoms with Gasteiger partial charge in [0.2, 0.25) is 0 Å². The molecule has 2 heteroatoms. The summed E-state index contributed by atoms with van der Waals surface area (Å²) < 4.78 is 0. The van der Waals surface area contributed by atoms with Gasteiger partial charge in [0.25, 0.3) is 0 Å². The molecule has 14 heavy (non-hydrogen) atoms. The minimum Gasteiger partial charge on any atom is -0.293 e. The normalized spacial score (nSPS) is 10.1. The predicted octanol–water partition coefficient (Wildman–Crippen LogP) is 3.90. The van der Waals surface area contributed by atoms with Crippen LogP contribution in [0.1, 0.15) is 39.4 Å². The maximum atomic E-state index is 11.7. The van der Waals surface area contributed by atoms with Gasteiger partial charge in [-0.2, -0.15) is 0 Å². The lowest BCUT2D eigenvalue weighted by Crippen LogP contribution is -1.94. The van der Waals surface area contributed by atoms with Crippen LogP contribution in [0.3, 0.4) is 0 Å². The van der Waals surface area contributed by atoms with Crippen LogP contribution < -0.4 is 0 Å². The predicted molar refractivity (Wildman–Crippen MR) is 62.2 cm³/mol. The van der Waals surface area contributed by atoms with Crippen LogP contribution in [-0.2, 0) is 0 Å². The van der Waals surface area contributed by atoms with Crippen molar-refractivity contribution in [3.63, 3.8) is 0 Å². The summed E-state index contributed by atoms with van der Waals surface area (Å²) in [6, 6.07) is 2.00. The summed E-state index contributed by atoms with van der Waals surface area (Å²) in [6.45, 7) is 7.74. The molecule has 1 nitrogen and oxygen atoms in total. The van der Waals surface area contributed by atoms with Gasteiger partial charge in [0.15, 0.2) is 5.78 Å². The van der Waals surface area contributed by atoms with Gasteiger partial charge in [0.1, 0.15) is 0 Å². The summed E-state index contributed by atoms with van der Waals surface area (Å²) in [6.07, 6.45) is 4.34. The SMILES string of the molecule is C=CCCCC(=O)c1cc(C)c(C)s1. The number of carbonyl (C=O) groups is 1. The van der Waals surface area contributed by atoms with E-state index in [1.54, 1.807) is 11.3 Å². The van der Waals surface area contributed by atoms with Crippen molar-refractivity contribution in [3.05, 3.63) is 34.0 Å². The molecule has 0 aliphatic heterocycles. The number of Topliss-reactive ketones (excluding diaryl/α,β-unsaturated/α-hetero) is 1. The Bertz CT molecular complexity index is 317. The van der Waals surface area contributed by atoms with Crippen LogP contribution in [0.15, 0.2) is 18.7 Å². The first kappa shape index (κ1) is 11.2. The van der Waals surface area contributed by atoms with E-state index in [1.807, 2.05) is 19.1 Å². The Hall–Kier alpha value is -0.890. The van der Waals surface area contributed by atoms with Crippen molar-refractivity contribution in [1.82, 2.24) is 0 Å². The Morgan fingerprint density at radius 3 is 2.79 bits per heavy atom. The third-order valence-electron chi connectivity index (χ3n) is 2.25. The van der Waals surface area contributed by atoms with E-state index in [4.69, 9.17) is 0 Å². The maximum absolute atomic E-state index is 11.7. The molecule has 0 unspecified atom stereocenters. The number of hydrogen-bond donors (Lipinski definition) is 0. The molecule has 1 heterocycles. The monoisotopic (exact) mass is 208 g/mol. The van der Waals surface area contributed by atoms with E-state index in [1.165, 1.54) is 10.4 Å². The topological polar surface area (TPSA) is 17.1 Å². The van der Waals surface area contributed by atoms with Gasteiger partial charge in [-0.3, -0.25) is 4.79 Å².